The van der Waals surface area contributed by atoms with E-state index in [1.165, 1.54) is 21.5 Å². The van der Waals surface area contributed by atoms with Gasteiger partial charge in [0.05, 0.1) is 10.2 Å². The summed E-state index contributed by atoms with van der Waals surface area (Å²) in [6, 6.07) is 15.2. The molecule has 4 rings (SSSR count). The minimum Gasteiger partial charge on any atom is -0.368 e. The monoisotopic (exact) mass is 359 g/mol. The lowest BCUT2D eigenvalue weighted by Gasteiger charge is -2.35. The van der Waals surface area contributed by atoms with Crippen molar-refractivity contribution in [1.82, 2.24) is 4.98 Å². The number of benzene rings is 2. The molecule has 126 valence electrons. The van der Waals surface area contributed by atoms with Crippen molar-refractivity contribution in [3.05, 3.63) is 53.6 Å². The number of thiazole rings is 1. The Kier molecular flexibility index (Phi) is 4.97. The van der Waals surface area contributed by atoms with Gasteiger partial charge in [0.15, 0.2) is 5.13 Å². The Labute approximate surface area is 153 Å². The van der Waals surface area contributed by atoms with Crippen molar-refractivity contribution in [2.45, 2.75) is 13.8 Å². The Morgan fingerprint density at radius 2 is 1.50 bits per heavy atom. The molecule has 0 unspecified atom stereocenters. The van der Waals surface area contributed by atoms with E-state index in [1.807, 2.05) is 11.3 Å². The summed E-state index contributed by atoms with van der Waals surface area (Å²) in [5, 5.41) is 1.16. The fourth-order valence-electron chi connectivity index (χ4n) is 3.10. The molecule has 1 aliphatic rings. The smallest absolute Gasteiger partial charge is 0.186 e. The Balaban J connectivity index is 0.00000169. The topological polar surface area (TPSA) is 19.4 Å². The Bertz CT molecular complexity index is 784. The van der Waals surface area contributed by atoms with Crippen LogP contribution in [-0.2, 0) is 0 Å². The second-order valence-corrected chi connectivity index (χ2v) is 7.22. The molecule has 3 nitrogen and oxygen atoms in total. The second-order valence-electron chi connectivity index (χ2n) is 6.21. The van der Waals surface area contributed by atoms with Crippen molar-refractivity contribution in [1.29, 1.82) is 0 Å². The molecule has 0 bridgehead atoms. The minimum absolute atomic E-state index is 0. The molecule has 0 atom stereocenters. The van der Waals surface area contributed by atoms with Gasteiger partial charge in [-0.1, -0.05) is 29.5 Å². The number of halogens is 1. The molecule has 5 heteroatoms. The second kappa shape index (κ2) is 6.99. The summed E-state index contributed by atoms with van der Waals surface area (Å²) < 4.78 is 1.30. The highest BCUT2D eigenvalue weighted by Crippen LogP contribution is 2.31. The van der Waals surface area contributed by atoms with E-state index in [1.54, 1.807) is 0 Å². The van der Waals surface area contributed by atoms with Crippen molar-refractivity contribution in [2.24, 2.45) is 0 Å². The SMILES string of the molecule is Cc1cc2nc(N3CCN(c4ccccc4)CC3)sc2cc1C.Cl. The average molecular weight is 360 g/mol. The zero-order valence-electron chi connectivity index (χ0n) is 14.0. The molecule has 1 fully saturated rings. The fraction of sp³-hybridized carbons (Fsp3) is 0.316. The lowest BCUT2D eigenvalue weighted by molar-refractivity contribution is 0.652. The molecule has 0 radical (unpaired) electrons. The maximum atomic E-state index is 4.86. The van der Waals surface area contributed by atoms with Crippen molar-refractivity contribution in [2.75, 3.05) is 36.0 Å². The first-order chi connectivity index (χ1) is 11.2. The predicted octanol–water partition coefficient (Wildman–Crippen LogP) is 4.66. The first-order valence-electron chi connectivity index (χ1n) is 8.13. The number of aromatic nitrogens is 1. The van der Waals surface area contributed by atoms with Gasteiger partial charge in [0.25, 0.3) is 0 Å². The van der Waals surface area contributed by atoms with Crippen molar-refractivity contribution in [3.8, 4) is 0 Å². The Hall–Kier alpha value is -1.78. The molecule has 2 aromatic carbocycles. The number of para-hydroxylation sites is 1. The lowest BCUT2D eigenvalue weighted by Crippen LogP contribution is -2.46. The van der Waals surface area contributed by atoms with Crippen LogP contribution in [0.5, 0.6) is 0 Å². The first kappa shape index (κ1) is 17.1. The number of nitrogens with zero attached hydrogens (tertiary/aromatic N) is 3. The zero-order valence-corrected chi connectivity index (χ0v) is 15.7. The summed E-state index contributed by atoms with van der Waals surface area (Å²) in [5.74, 6) is 0. The van der Waals surface area contributed by atoms with E-state index >= 15 is 0 Å². The molecule has 0 saturated carbocycles. The van der Waals surface area contributed by atoms with E-state index in [0.29, 0.717) is 0 Å². The van der Waals surface area contributed by atoms with E-state index in [4.69, 9.17) is 4.98 Å². The lowest BCUT2D eigenvalue weighted by atomic mass is 10.1. The third-order valence-corrected chi connectivity index (χ3v) is 5.74. The molecule has 3 aromatic rings. The molecule has 0 spiro atoms. The third-order valence-electron chi connectivity index (χ3n) is 4.66. The largest absolute Gasteiger partial charge is 0.368 e. The van der Waals surface area contributed by atoms with E-state index in [2.05, 4.69) is 66.1 Å². The van der Waals surface area contributed by atoms with Gasteiger partial charge in [-0.05, 0) is 49.2 Å². The third kappa shape index (κ3) is 3.21. The Morgan fingerprint density at radius 1 is 0.875 bits per heavy atom. The standard InChI is InChI=1S/C19H21N3S.ClH/c1-14-12-17-18(13-15(14)2)23-19(20-17)22-10-8-21(9-11-22)16-6-4-3-5-7-16;/h3-7,12-13H,8-11H2,1-2H3;1H. The van der Waals surface area contributed by atoms with Crippen LogP contribution in [0.25, 0.3) is 10.2 Å². The van der Waals surface area contributed by atoms with Crippen LogP contribution in [0.1, 0.15) is 11.1 Å². The number of piperazine rings is 1. The highest BCUT2D eigenvalue weighted by atomic mass is 35.5. The Morgan fingerprint density at radius 3 is 2.21 bits per heavy atom. The van der Waals surface area contributed by atoms with E-state index in [0.717, 1.165) is 36.8 Å². The van der Waals surface area contributed by atoms with Crippen LogP contribution < -0.4 is 9.80 Å². The van der Waals surface area contributed by atoms with Crippen LogP contribution in [0.2, 0.25) is 0 Å². The van der Waals surface area contributed by atoms with Crippen LogP contribution in [-0.4, -0.2) is 31.2 Å². The number of anilines is 2. The van der Waals surface area contributed by atoms with Crippen LogP contribution in [0.4, 0.5) is 10.8 Å². The zero-order chi connectivity index (χ0) is 15.8. The molecule has 1 aromatic heterocycles. The summed E-state index contributed by atoms with van der Waals surface area (Å²) in [5.41, 5.74) is 5.13. The average Bonchev–Trinajstić information content (AvgIpc) is 2.99. The van der Waals surface area contributed by atoms with Crippen molar-refractivity contribution < 1.29 is 0 Å². The molecule has 2 heterocycles. The van der Waals surface area contributed by atoms with Crippen LogP contribution in [0, 0.1) is 13.8 Å². The maximum absolute atomic E-state index is 4.86. The van der Waals surface area contributed by atoms with Gasteiger partial charge in [0.2, 0.25) is 0 Å². The molecular weight excluding hydrogens is 338 g/mol. The quantitative estimate of drug-likeness (QED) is 0.663. The summed E-state index contributed by atoms with van der Waals surface area (Å²) in [7, 11) is 0. The summed E-state index contributed by atoms with van der Waals surface area (Å²) in [6.07, 6.45) is 0. The number of fused-ring (bicyclic) bond motifs is 1. The van der Waals surface area contributed by atoms with Gasteiger partial charge in [-0.15, -0.1) is 12.4 Å². The van der Waals surface area contributed by atoms with Gasteiger partial charge in [-0.2, -0.15) is 0 Å². The maximum Gasteiger partial charge on any atom is 0.186 e. The van der Waals surface area contributed by atoms with E-state index in [-0.39, 0.29) is 12.4 Å². The van der Waals surface area contributed by atoms with Gasteiger partial charge in [-0.3, -0.25) is 0 Å². The van der Waals surface area contributed by atoms with Crippen LogP contribution >= 0.6 is 23.7 Å². The molecule has 24 heavy (non-hydrogen) atoms. The molecule has 1 aliphatic heterocycles. The van der Waals surface area contributed by atoms with E-state index in [9.17, 15) is 0 Å². The molecular formula is C19H22ClN3S. The predicted molar refractivity (Wildman–Crippen MR) is 107 cm³/mol. The molecule has 0 aliphatic carbocycles. The van der Waals surface area contributed by atoms with Gasteiger partial charge in [0.1, 0.15) is 0 Å². The first-order valence-corrected chi connectivity index (χ1v) is 8.95. The molecule has 1 saturated heterocycles. The molecule has 0 amide bonds. The van der Waals surface area contributed by atoms with Gasteiger partial charge in [-0.25, -0.2) is 4.98 Å². The number of hydrogen-bond donors (Lipinski definition) is 0. The van der Waals surface area contributed by atoms with Crippen molar-refractivity contribution >= 4 is 44.8 Å². The van der Waals surface area contributed by atoms with Gasteiger partial charge in [0, 0.05) is 31.9 Å². The highest BCUT2D eigenvalue weighted by molar-refractivity contribution is 7.22. The number of rotatable bonds is 2. The van der Waals surface area contributed by atoms with Gasteiger partial charge < -0.3 is 9.80 Å². The minimum atomic E-state index is 0. The number of hydrogen-bond acceptors (Lipinski definition) is 4. The van der Waals surface area contributed by atoms with Gasteiger partial charge >= 0.3 is 0 Å². The molecule has 0 N–H and O–H groups in total. The summed E-state index contributed by atoms with van der Waals surface area (Å²) >= 11 is 1.82. The normalized spacial score (nSPS) is 14.8. The van der Waals surface area contributed by atoms with E-state index < -0.39 is 0 Å². The van der Waals surface area contributed by atoms with Crippen molar-refractivity contribution in [3.63, 3.8) is 0 Å². The summed E-state index contributed by atoms with van der Waals surface area (Å²) in [6.45, 7) is 8.51. The number of aryl methyl sites for hydroxylation is 2. The highest BCUT2D eigenvalue weighted by Gasteiger charge is 2.20. The van der Waals surface area contributed by atoms with Crippen LogP contribution in [0.15, 0.2) is 42.5 Å². The fourth-order valence-corrected chi connectivity index (χ4v) is 4.20. The van der Waals surface area contributed by atoms with Crippen LogP contribution in [0.3, 0.4) is 0 Å². The summed E-state index contributed by atoms with van der Waals surface area (Å²) in [4.78, 5) is 9.74.